The minimum Gasteiger partial charge on any atom is -0.412 e. The van der Waals surface area contributed by atoms with E-state index in [1.807, 2.05) is 0 Å². The van der Waals surface area contributed by atoms with Gasteiger partial charge in [0.1, 0.15) is 0 Å². The van der Waals surface area contributed by atoms with Crippen LogP contribution >= 0.6 is 0 Å². The van der Waals surface area contributed by atoms with Crippen LogP contribution in [0.1, 0.15) is 60.3 Å². The first kappa shape index (κ1) is 15.9. The summed E-state index contributed by atoms with van der Waals surface area (Å²) >= 11 is 0. The molecule has 0 saturated carbocycles. The molecule has 16 heavy (non-hydrogen) atoms. The van der Waals surface area contributed by atoms with Crippen LogP contribution in [0.3, 0.4) is 0 Å². The van der Waals surface area contributed by atoms with Crippen molar-refractivity contribution >= 4 is 8.32 Å². The fourth-order valence-electron chi connectivity index (χ4n) is 2.26. The molecular weight excluding hydrogens is 212 g/mol. The van der Waals surface area contributed by atoms with E-state index in [1.54, 1.807) is 0 Å². The Kier molecular flexibility index (Phi) is 8.03. The van der Waals surface area contributed by atoms with Crippen LogP contribution in [0.15, 0.2) is 12.3 Å². The monoisotopic (exact) mass is 242 g/mol. The zero-order valence-electron chi connectivity index (χ0n) is 11.9. The molecule has 0 spiro atoms. The van der Waals surface area contributed by atoms with E-state index < -0.39 is 8.32 Å². The Morgan fingerprint density at radius 3 is 1.94 bits per heavy atom. The average Bonchev–Trinajstić information content (AvgIpc) is 2.33. The Bertz CT molecular complexity index is 181. The van der Waals surface area contributed by atoms with E-state index in [2.05, 4.69) is 46.9 Å². The maximum atomic E-state index is 6.35. The molecule has 0 fully saturated rings. The SMILES string of the molecule is C=C[Si](OCCCC)(C(C)CC)C(C)CC. The second-order valence-electron chi connectivity index (χ2n) is 4.88. The summed E-state index contributed by atoms with van der Waals surface area (Å²) in [5, 5.41) is 0. The Morgan fingerprint density at radius 2 is 1.62 bits per heavy atom. The number of hydrogen-bond acceptors (Lipinski definition) is 1. The van der Waals surface area contributed by atoms with Crippen LogP contribution in [-0.2, 0) is 4.43 Å². The molecule has 0 aliphatic rings. The number of hydrogen-bond donors (Lipinski definition) is 0. The Morgan fingerprint density at radius 1 is 1.12 bits per heavy atom. The lowest BCUT2D eigenvalue weighted by atomic mass is 10.3. The predicted molar refractivity (Wildman–Crippen MR) is 76.2 cm³/mol. The van der Waals surface area contributed by atoms with Gasteiger partial charge in [-0.15, -0.1) is 6.58 Å². The van der Waals surface area contributed by atoms with E-state index >= 15 is 0 Å². The highest BCUT2D eigenvalue weighted by Crippen LogP contribution is 2.38. The molecule has 0 radical (unpaired) electrons. The molecule has 0 saturated heterocycles. The van der Waals surface area contributed by atoms with Crippen molar-refractivity contribution in [1.82, 2.24) is 0 Å². The lowest BCUT2D eigenvalue weighted by Crippen LogP contribution is -2.44. The van der Waals surface area contributed by atoms with E-state index in [9.17, 15) is 0 Å². The minimum atomic E-state index is -1.75. The first-order valence-corrected chi connectivity index (χ1v) is 9.00. The molecule has 0 aromatic carbocycles. The maximum absolute atomic E-state index is 6.35. The zero-order chi connectivity index (χ0) is 12.6. The third-order valence-electron chi connectivity index (χ3n) is 3.93. The van der Waals surface area contributed by atoms with Gasteiger partial charge < -0.3 is 4.43 Å². The molecule has 0 aromatic rings. The molecule has 0 rings (SSSR count). The van der Waals surface area contributed by atoms with Gasteiger partial charge in [-0.25, -0.2) is 0 Å². The van der Waals surface area contributed by atoms with Gasteiger partial charge in [-0.3, -0.25) is 0 Å². The summed E-state index contributed by atoms with van der Waals surface area (Å²) in [6, 6.07) is 0. The standard InChI is InChI=1S/C14H30OSi/c1-7-11-12-15-16(10-4,13(5)8-2)14(6)9-3/h10,13-14H,4,7-9,11-12H2,1-3,5-6H3. The van der Waals surface area contributed by atoms with Gasteiger partial charge in [0.25, 0.3) is 0 Å². The Hall–Kier alpha value is -0.0831. The van der Waals surface area contributed by atoms with E-state index in [0.29, 0.717) is 11.1 Å². The Labute approximate surface area is 103 Å². The summed E-state index contributed by atoms with van der Waals surface area (Å²) in [4.78, 5) is 0. The van der Waals surface area contributed by atoms with Gasteiger partial charge in [-0.05, 0) is 17.5 Å². The van der Waals surface area contributed by atoms with Crippen LogP contribution in [0, 0.1) is 0 Å². The van der Waals surface area contributed by atoms with E-state index in [0.717, 1.165) is 6.61 Å². The van der Waals surface area contributed by atoms with Crippen molar-refractivity contribution in [2.45, 2.75) is 71.4 Å². The van der Waals surface area contributed by atoms with Gasteiger partial charge in [-0.2, -0.15) is 0 Å². The highest BCUT2D eigenvalue weighted by Gasteiger charge is 2.41. The van der Waals surface area contributed by atoms with Gasteiger partial charge >= 0.3 is 0 Å². The summed E-state index contributed by atoms with van der Waals surface area (Å²) in [6.07, 6.45) is 4.79. The summed E-state index contributed by atoms with van der Waals surface area (Å²) in [5.41, 5.74) is 3.54. The molecule has 0 bridgehead atoms. The van der Waals surface area contributed by atoms with E-state index in [4.69, 9.17) is 4.43 Å². The van der Waals surface area contributed by atoms with Crippen molar-refractivity contribution in [1.29, 1.82) is 0 Å². The van der Waals surface area contributed by atoms with Crippen LogP contribution in [0.4, 0.5) is 0 Å². The van der Waals surface area contributed by atoms with E-state index in [1.165, 1.54) is 25.7 Å². The fraction of sp³-hybridized carbons (Fsp3) is 0.857. The van der Waals surface area contributed by atoms with Crippen LogP contribution in [0.25, 0.3) is 0 Å². The van der Waals surface area contributed by atoms with Crippen LogP contribution in [0.5, 0.6) is 0 Å². The topological polar surface area (TPSA) is 9.23 Å². The van der Waals surface area contributed by atoms with Crippen LogP contribution < -0.4 is 0 Å². The summed E-state index contributed by atoms with van der Waals surface area (Å²) in [6.45, 7) is 16.4. The minimum absolute atomic E-state index is 0.678. The first-order chi connectivity index (χ1) is 7.58. The van der Waals surface area contributed by atoms with Crippen molar-refractivity contribution in [2.24, 2.45) is 0 Å². The molecule has 2 atom stereocenters. The molecule has 96 valence electrons. The van der Waals surface area contributed by atoms with Gasteiger partial charge in [0.15, 0.2) is 0 Å². The highest BCUT2D eigenvalue weighted by molar-refractivity contribution is 6.81. The fourth-order valence-corrected chi connectivity index (χ4v) is 6.50. The first-order valence-electron chi connectivity index (χ1n) is 6.86. The lowest BCUT2D eigenvalue weighted by molar-refractivity contribution is 0.282. The Balaban J connectivity index is 4.74. The van der Waals surface area contributed by atoms with Crippen molar-refractivity contribution in [3.63, 3.8) is 0 Å². The maximum Gasteiger partial charge on any atom is 0.222 e. The molecule has 0 heterocycles. The van der Waals surface area contributed by atoms with Crippen LogP contribution in [-0.4, -0.2) is 14.9 Å². The molecule has 0 N–H and O–H groups in total. The molecule has 2 unspecified atom stereocenters. The van der Waals surface area contributed by atoms with Crippen molar-refractivity contribution in [3.05, 3.63) is 12.3 Å². The van der Waals surface area contributed by atoms with Gasteiger partial charge in [-0.1, -0.05) is 59.6 Å². The molecular formula is C14H30OSi. The highest BCUT2D eigenvalue weighted by atomic mass is 28.4. The smallest absolute Gasteiger partial charge is 0.222 e. The second kappa shape index (κ2) is 8.07. The molecule has 0 amide bonds. The number of rotatable bonds is 9. The number of unbranched alkanes of at least 4 members (excludes halogenated alkanes) is 1. The largest absolute Gasteiger partial charge is 0.412 e. The molecule has 0 aliphatic carbocycles. The molecule has 0 aliphatic heterocycles. The molecule has 1 nitrogen and oxygen atoms in total. The average molecular weight is 242 g/mol. The van der Waals surface area contributed by atoms with Crippen molar-refractivity contribution in [2.75, 3.05) is 6.61 Å². The van der Waals surface area contributed by atoms with Crippen molar-refractivity contribution < 1.29 is 4.43 Å². The van der Waals surface area contributed by atoms with E-state index in [-0.39, 0.29) is 0 Å². The second-order valence-corrected chi connectivity index (χ2v) is 9.25. The van der Waals surface area contributed by atoms with Crippen molar-refractivity contribution in [3.8, 4) is 0 Å². The summed E-state index contributed by atoms with van der Waals surface area (Å²) in [7, 11) is -1.75. The van der Waals surface area contributed by atoms with Crippen LogP contribution in [0.2, 0.25) is 11.1 Å². The lowest BCUT2D eigenvalue weighted by Gasteiger charge is -2.38. The quantitative estimate of drug-likeness (QED) is 0.405. The van der Waals surface area contributed by atoms with Gasteiger partial charge in [0, 0.05) is 6.61 Å². The summed E-state index contributed by atoms with van der Waals surface area (Å²) < 4.78 is 6.35. The third kappa shape index (κ3) is 3.74. The molecule has 0 aromatic heterocycles. The zero-order valence-corrected chi connectivity index (χ0v) is 12.9. The molecule has 2 heteroatoms. The summed E-state index contributed by atoms with van der Waals surface area (Å²) in [5.74, 6) is 0. The third-order valence-corrected chi connectivity index (χ3v) is 9.17. The van der Waals surface area contributed by atoms with Gasteiger partial charge in [0.05, 0.1) is 0 Å². The normalized spacial score (nSPS) is 18.8. The predicted octanol–water partition coefficient (Wildman–Crippen LogP) is 5.07. The van der Waals surface area contributed by atoms with Gasteiger partial charge in [0.2, 0.25) is 8.32 Å².